The number of halogens is 1. The SMILES string of the molecule is COc1cc(C=NNc2nnc3c(=O)[nH]c(=O)[nH]c3n2)cc(I)c1O. The van der Waals surface area contributed by atoms with Crippen LogP contribution in [0.1, 0.15) is 5.56 Å². The van der Waals surface area contributed by atoms with E-state index in [4.69, 9.17) is 4.74 Å². The standard InChI is InChI=1S/C13H10IN7O4/c1-25-7-3-5(2-6(14)9(7)22)4-15-20-12-16-10-8(19-21-12)11(23)18-13(24)17-10/h2-4,22H,1H3,(H3,16,17,18,20,21,23,24). The lowest BCUT2D eigenvalue weighted by molar-refractivity contribution is 0.371. The smallest absolute Gasteiger partial charge is 0.327 e. The van der Waals surface area contributed by atoms with Crippen molar-refractivity contribution in [2.75, 3.05) is 12.5 Å². The number of phenolic OH excluding ortho intramolecular Hbond substituents is 1. The van der Waals surface area contributed by atoms with E-state index in [1.54, 1.807) is 12.1 Å². The maximum atomic E-state index is 11.5. The number of ether oxygens (including phenoxy) is 1. The molecule has 0 aliphatic rings. The Hall–Kier alpha value is -3.03. The zero-order valence-electron chi connectivity index (χ0n) is 12.6. The van der Waals surface area contributed by atoms with Crippen LogP contribution in [0.5, 0.6) is 11.5 Å². The lowest BCUT2D eigenvalue weighted by Gasteiger charge is -2.06. The van der Waals surface area contributed by atoms with E-state index in [1.807, 2.05) is 27.6 Å². The third-order valence-corrected chi connectivity index (χ3v) is 3.83. The summed E-state index contributed by atoms with van der Waals surface area (Å²) >= 11 is 1.96. The van der Waals surface area contributed by atoms with Crippen LogP contribution >= 0.6 is 22.6 Å². The fourth-order valence-corrected chi connectivity index (χ4v) is 2.53. The Morgan fingerprint density at radius 1 is 1.32 bits per heavy atom. The van der Waals surface area contributed by atoms with Gasteiger partial charge in [-0.3, -0.25) is 14.8 Å². The minimum absolute atomic E-state index is 0.00885. The summed E-state index contributed by atoms with van der Waals surface area (Å²) in [6.07, 6.45) is 1.46. The Morgan fingerprint density at radius 3 is 2.88 bits per heavy atom. The Labute approximate surface area is 152 Å². The molecule has 0 bridgehead atoms. The molecule has 3 rings (SSSR count). The first-order valence-electron chi connectivity index (χ1n) is 6.70. The maximum Gasteiger partial charge on any atom is 0.327 e. The minimum atomic E-state index is -0.696. The zero-order chi connectivity index (χ0) is 18.0. The fraction of sp³-hybridized carbons (Fsp3) is 0.0769. The second-order valence-electron chi connectivity index (χ2n) is 4.66. The van der Waals surface area contributed by atoms with E-state index in [1.165, 1.54) is 13.3 Å². The molecular formula is C13H10IN7O4. The summed E-state index contributed by atoms with van der Waals surface area (Å²) in [6, 6.07) is 3.29. The average molecular weight is 455 g/mol. The van der Waals surface area contributed by atoms with E-state index in [9.17, 15) is 14.7 Å². The van der Waals surface area contributed by atoms with E-state index in [2.05, 4.69) is 30.7 Å². The van der Waals surface area contributed by atoms with Crippen molar-refractivity contribution in [3.63, 3.8) is 0 Å². The minimum Gasteiger partial charge on any atom is -0.504 e. The normalized spacial score (nSPS) is 11.1. The second-order valence-corrected chi connectivity index (χ2v) is 5.83. The van der Waals surface area contributed by atoms with Crippen molar-refractivity contribution in [1.82, 2.24) is 25.1 Å². The summed E-state index contributed by atoms with van der Waals surface area (Å²) in [5, 5.41) is 21.1. The molecule has 2 heterocycles. The van der Waals surface area contributed by atoms with Gasteiger partial charge in [0.25, 0.3) is 11.5 Å². The topological polar surface area (TPSA) is 158 Å². The second kappa shape index (κ2) is 6.84. The van der Waals surface area contributed by atoms with Crippen molar-refractivity contribution in [2.24, 2.45) is 5.10 Å². The average Bonchev–Trinajstić information content (AvgIpc) is 2.57. The largest absolute Gasteiger partial charge is 0.504 e. The molecule has 0 unspecified atom stereocenters. The van der Waals surface area contributed by atoms with Crippen LogP contribution in [-0.2, 0) is 0 Å². The molecule has 0 aliphatic carbocycles. The van der Waals surface area contributed by atoms with Crippen molar-refractivity contribution in [3.05, 3.63) is 42.1 Å². The van der Waals surface area contributed by atoms with Crippen LogP contribution in [-0.4, -0.2) is 43.6 Å². The number of H-pyrrole nitrogens is 2. The van der Waals surface area contributed by atoms with E-state index in [0.29, 0.717) is 14.9 Å². The molecule has 0 aliphatic heterocycles. The van der Waals surface area contributed by atoms with Gasteiger partial charge in [-0.2, -0.15) is 10.1 Å². The number of aromatic hydroxyl groups is 1. The molecule has 0 amide bonds. The Bertz CT molecular complexity index is 1090. The predicted molar refractivity (Wildman–Crippen MR) is 97.2 cm³/mol. The number of nitrogens with zero attached hydrogens (tertiary/aromatic N) is 4. The molecule has 0 saturated heterocycles. The van der Waals surface area contributed by atoms with Gasteiger partial charge in [-0.15, -0.1) is 10.2 Å². The molecule has 11 nitrogen and oxygen atoms in total. The summed E-state index contributed by atoms with van der Waals surface area (Å²) in [5.41, 5.74) is 1.72. The van der Waals surface area contributed by atoms with E-state index < -0.39 is 11.2 Å². The third kappa shape index (κ3) is 3.57. The molecule has 2 aromatic heterocycles. The van der Waals surface area contributed by atoms with Crippen molar-refractivity contribution in [3.8, 4) is 11.5 Å². The molecule has 0 fully saturated rings. The van der Waals surface area contributed by atoms with E-state index in [0.717, 1.165) is 0 Å². The fourth-order valence-electron chi connectivity index (χ4n) is 1.90. The zero-order valence-corrected chi connectivity index (χ0v) is 14.7. The van der Waals surface area contributed by atoms with Crippen molar-refractivity contribution in [1.29, 1.82) is 0 Å². The summed E-state index contributed by atoms with van der Waals surface area (Å²) < 4.78 is 5.66. The molecule has 0 spiro atoms. The highest BCUT2D eigenvalue weighted by atomic mass is 127. The molecule has 25 heavy (non-hydrogen) atoms. The van der Waals surface area contributed by atoms with Gasteiger partial charge in [0.1, 0.15) is 0 Å². The van der Waals surface area contributed by atoms with Crippen LogP contribution < -0.4 is 21.4 Å². The number of nitrogens with one attached hydrogen (secondary N) is 3. The van der Waals surface area contributed by atoms with Gasteiger partial charge in [0, 0.05) is 0 Å². The number of aromatic amines is 2. The lowest BCUT2D eigenvalue weighted by Crippen LogP contribution is -2.23. The number of anilines is 1. The van der Waals surface area contributed by atoms with Crippen LogP contribution in [0.25, 0.3) is 11.2 Å². The van der Waals surface area contributed by atoms with Gasteiger partial charge in [-0.1, -0.05) is 0 Å². The number of hydrogen-bond acceptors (Lipinski definition) is 9. The van der Waals surface area contributed by atoms with Gasteiger partial charge in [-0.25, -0.2) is 10.2 Å². The summed E-state index contributed by atoms with van der Waals surface area (Å²) in [7, 11) is 1.45. The molecule has 1 aromatic carbocycles. The number of benzene rings is 1. The Morgan fingerprint density at radius 2 is 2.12 bits per heavy atom. The van der Waals surface area contributed by atoms with Gasteiger partial charge >= 0.3 is 5.69 Å². The number of methoxy groups -OCH3 is 1. The number of rotatable bonds is 4. The van der Waals surface area contributed by atoms with Gasteiger partial charge in [0.05, 0.1) is 16.9 Å². The lowest BCUT2D eigenvalue weighted by atomic mass is 10.2. The van der Waals surface area contributed by atoms with Crippen molar-refractivity contribution >= 4 is 45.9 Å². The summed E-state index contributed by atoms with van der Waals surface area (Å²) in [4.78, 5) is 31.1. The van der Waals surface area contributed by atoms with Crippen LogP contribution in [0.15, 0.2) is 26.8 Å². The maximum absolute atomic E-state index is 11.5. The molecule has 0 radical (unpaired) electrons. The van der Waals surface area contributed by atoms with E-state index >= 15 is 0 Å². The quantitative estimate of drug-likeness (QED) is 0.246. The molecule has 4 N–H and O–H groups in total. The van der Waals surface area contributed by atoms with Crippen LogP contribution in [0, 0.1) is 3.57 Å². The third-order valence-electron chi connectivity index (χ3n) is 3.01. The summed E-state index contributed by atoms with van der Waals surface area (Å²) in [6.45, 7) is 0. The molecule has 3 aromatic rings. The number of phenols is 1. The summed E-state index contributed by atoms with van der Waals surface area (Å²) in [5.74, 6) is 0.351. The van der Waals surface area contributed by atoms with Crippen LogP contribution in [0.3, 0.4) is 0 Å². The highest BCUT2D eigenvalue weighted by Crippen LogP contribution is 2.31. The first-order chi connectivity index (χ1) is 12.0. The molecule has 12 heteroatoms. The van der Waals surface area contributed by atoms with Gasteiger partial charge in [0.2, 0.25) is 0 Å². The highest BCUT2D eigenvalue weighted by Gasteiger charge is 2.08. The predicted octanol–water partition coefficient (Wildman–Crippen LogP) is 0.166. The van der Waals surface area contributed by atoms with Crippen molar-refractivity contribution in [2.45, 2.75) is 0 Å². The Kier molecular flexibility index (Phi) is 4.60. The number of aromatic nitrogens is 5. The highest BCUT2D eigenvalue weighted by molar-refractivity contribution is 14.1. The van der Waals surface area contributed by atoms with Gasteiger partial charge in [0.15, 0.2) is 22.7 Å². The van der Waals surface area contributed by atoms with Crippen molar-refractivity contribution < 1.29 is 9.84 Å². The van der Waals surface area contributed by atoms with Gasteiger partial charge < -0.3 is 9.84 Å². The molecular weight excluding hydrogens is 445 g/mol. The Balaban J connectivity index is 1.85. The number of hydrazone groups is 1. The first kappa shape index (κ1) is 16.8. The van der Waals surface area contributed by atoms with E-state index in [-0.39, 0.29) is 22.9 Å². The molecule has 128 valence electrons. The van der Waals surface area contributed by atoms with Crippen LogP contribution in [0.4, 0.5) is 5.95 Å². The molecule has 0 saturated carbocycles. The molecule has 0 atom stereocenters. The van der Waals surface area contributed by atoms with Gasteiger partial charge in [-0.05, 0) is 40.3 Å². The first-order valence-corrected chi connectivity index (χ1v) is 7.78. The van der Waals surface area contributed by atoms with Crippen LogP contribution in [0.2, 0.25) is 0 Å². The number of fused-ring (bicyclic) bond motifs is 1. The number of hydrogen-bond donors (Lipinski definition) is 4. The monoisotopic (exact) mass is 455 g/mol.